The number of primary amides is 1. The molecule has 0 radical (unpaired) electrons. The van der Waals surface area contributed by atoms with Gasteiger partial charge in [0.2, 0.25) is 47.3 Å². The molecule has 2 saturated heterocycles. The molecule has 0 spiro atoms. The first-order valence-corrected chi connectivity index (χ1v) is 27.4. The fourth-order valence-corrected chi connectivity index (χ4v) is 11.2. The second-order valence-corrected chi connectivity index (χ2v) is 21.6. The normalized spacial score (nSPS) is 25.8. The fourth-order valence-electron chi connectivity index (χ4n) is 11.2. The number of carboxylic acids is 1. The Kier molecular flexibility index (Phi) is 20.3. The number of carbonyl (C=O) groups is 10. The van der Waals surface area contributed by atoms with Crippen molar-refractivity contribution in [3.63, 3.8) is 0 Å². The maximum absolute atomic E-state index is 13.7. The van der Waals surface area contributed by atoms with E-state index >= 15 is 0 Å². The third-order valence-corrected chi connectivity index (χ3v) is 15.6. The third-order valence-electron chi connectivity index (χ3n) is 15.6. The highest BCUT2D eigenvalue weighted by molar-refractivity contribution is 5.94. The first-order valence-electron chi connectivity index (χ1n) is 27.4. The van der Waals surface area contributed by atoms with Crippen LogP contribution in [0.3, 0.4) is 0 Å². The summed E-state index contributed by atoms with van der Waals surface area (Å²) in [5.74, 6) is -7.29. The summed E-state index contributed by atoms with van der Waals surface area (Å²) in [4.78, 5) is 128. The average Bonchev–Trinajstić information content (AvgIpc) is 1.06. The Balaban J connectivity index is 0.806. The van der Waals surface area contributed by atoms with Crippen LogP contribution in [0.25, 0.3) is 11.1 Å². The first kappa shape index (κ1) is 61.9. The van der Waals surface area contributed by atoms with Crippen LogP contribution in [-0.2, 0) is 68.5 Å². The number of ether oxygens (including phenoxy) is 4. The van der Waals surface area contributed by atoms with Gasteiger partial charge in [0, 0.05) is 31.8 Å². The van der Waals surface area contributed by atoms with Crippen LogP contribution in [0.1, 0.15) is 67.6 Å². The Morgan fingerprint density at radius 3 is 1.67 bits per heavy atom. The lowest BCUT2D eigenvalue weighted by atomic mass is 9.41. The van der Waals surface area contributed by atoms with Crippen LogP contribution < -0.4 is 48.3 Å². The summed E-state index contributed by atoms with van der Waals surface area (Å²) in [5.41, 5.74) is 8.26. The van der Waals surface area contributed by atoms with E-state index in [1.807, 2.05) is 48.5 Å². The number of aliphatic hydroxyl groups excluding tert-OH is 4. The van der Waals surface area contributed by atoms with Crippen LogP contribution in [0.5, 0.6) is 0 Å². The van der Waals surface area contributed by atoms with Gasteiger partial charge in [-0.3, -0.25) is 43.2 Å². The number of hydrogen-bond acceptors (Lipinski definition) is 18. The van der Waals surface area contributed by atoms with Crippen molar-refractivity contribution in [3.8, 4) is 11.1 Å². The number of amides is 9. The number of aliphatic carboxylic acids is 1. The minimum Gasteiger partial charge on any atom is -0.481 e. The van der Waals surface area contributed by atoms with E-state index in [-0.39, 0.29) is 51.6 Å². The summed E-state index contributed by atoms with van der Waals surface area (Å²) in [6.45, 7) is -2.83. The molecule has 452 valence electrons. The van der Waals surface area contributed by atoms with Crippen molar-refractivity contribution in [2.24, 2.45) is 11.1 Å². The van der Waals surface area contributed by atoms with Crippen molar-refractivity contribution < 1.29 is 92.4 Å². The number of carboxylic acid groups (broad SMARTS) is 1. The predicted octanol–water partition coefficient (Wildman–Crippen LogP) is -3.68. The largest absolute Gasteiger partial charge is 0.481 e. The molecule has 3 aromatic carbocycles. The highest BCUT2D eigenvalue weighted by atomic mass is 16.6. The van der Waals surface area contributed by atoms with Gasteiger partial charge in [-0.15, -0.1) is 0 Å². The van der Waals surface area contributed by atoms with Gasteiger partial charge in [-0.2, -0.15) is 0 Å². The van der Waals surface area contributed by atoms with Crippen molar-refractivity contribution in [2.75, 3.05) is 46.1 Å². The molecule has 2 aliphatic heterocycles. The molecule has 0 aromatic heterocycles. The van der Waals surface area contributed by atoms with E-state index in [1.54, 1.807) is 30.3 Å². The van der Waals surface area contributed by atoms with Gasteiger partial charge in [0.25, 0.3) is 0 Å². The number of aliphatic hydroxyl groups is 4. The van der Waals surface area contributed by atoms with Crippen molar-refractivity contribution >= 4 is 59.3 Å². The maximum atomic E-state index is 13.7. The topological polar surface area (TPSA) is 431 Å². The van der Waals surface area contributed by atoms with Crippen LogP contribution in [0.2, 0.25) is 0 Å². The Morgan fingerprint density at radius 1 is 0.571 bits per heavy atom. The van der Waals surface area contributed by atoms with Crippen molar-refractivity contribution in [2.45, 2.75) is 124 Å². The van der Waals surface area contributed by atoms with Gasteiger partial charge in [-0.05, 0) is 53.5 Å². The number of benzene rings is 3. The zero-order chi connectivity index (χ0) is 60.3. The number of nitrogens with one attached hydrogen (secondary N) is 8. The van der Waals surface area contributed by atoms with Gasteiger partial charge >= 0.3 is 12.1 Å². The minimum atomic E-state index is -1.57. The predicted molar refractivity (Wildman–Crippen MR) is 289 cm³/mol. The highest BCUT2D eigenvalue weighted by Crippen LogP contribution is 2.69. The molecule has 10 atom stereocenters. The van der Waals surface area contributed by atoms with E-state index in [0.717, 1.165) is 22.3 Å². The summed E-state index contributed by atoms with van der Waals surface area (Å²) in [5, 5.41) is 71.0. The summed E-state index contributed by atoms with van der Waals surface area (Å²) in [7, 11) is 0. The number of alkyl carbamates (subject to hydrolysis) is 1. The van der Waals surface area contributed by atoms with Crippen LogP contribution in [-0.4, -0.2) is 197 Å². The monoisotopic (exact) mass is 1170 g/mol. The summed E-state index contributed by atoms with van der Waals surface area (Å²) in [6.07, 6.45) is -12.2. The first-order chi connectivity index (χ1) is 40.1. The second-order valence-electron chi connectivity index (χ2n) is 21.6. The maximum Gasteiger partial charge on any atom is 0.407 e. The zero-order valence-corrected chi connectivity index (χ0v) is 45.5. The second kappa shape index (κ2) is 27.5. The molecule has 84 heavy (non-hydrogen) atoms. The number of rotatable bonds is 29. The Labute approximate surface area is 480 Å². The summed E-state index contributed by atoms with van der Waals surface area (Å²) >= 11 is 0. The van der Waals surface area contributed by atoms with Crippen molar-refractivity contribution in [1.29, 1.82) is 0 Å². The average molecular weight is 1170 g/mol. The fraction of sp³-hybridized carbons (Fsp3) is 0.500. The number of nitrogens with two attached hydrogens (primary N) is 1. The van der Waals surface area contributed by atoms with Crippen molar-refractivity contribution in [1.82, 2.24) is 42.5 Å². The molecule has 28 heteroatoms. The van der Waals surface area contributed by atoms with Crippen LogP contribution in [0.15, 0.2) is 78.9 Å². The molecule has 5 fully saturated rings. The molecule has 3 aromatic rings. The quantitative estimate of drug-likeness (QED) is 0.0298. The SMILES string of the molecule is NC(=O)C[C@@H]1O[C@H](CNC(=O)C[C@@H]2O[C@H](CNC(=O)CC[C@H](NC(=O)OCC3c4ccccc4-c4ccccc43)C(=O)NCC(=O)NCC(=O)N[C@@H](Cc3ccccc3)C(=O)NCC(=O)NCOC34CC(C(=O)O)(C3)C4)[C@@H](O)[C@H]2O)[C@@H](O)[C@H]1O. The van der Waals surface area contributed by atoms with E-state index in [1.165, 1.54) is 0 Å². The lowest BCUT2D eigenvalue weighted by Crippen LogP contribution is -2.71. The number of fused-ring (bicyclic) bond motifs is 3. The molecular weight excluding hydrogens is 1100 g/mol. The molecule has 3 saturated carbocycles. The van der Waals surface area contributed by atoms with Crippen LogP contribution >= 0.6 is 0 Å². The summed E-state index contributed by atoms with van der Waals surface area (Å²) in [6, 6.07) is 21.2. The summed E-state index contributed by atoms with van der Waals surface area (Å²) < 4.78 is 22.5. The lowest BCUT2D eigenvalue weighted by molar-refractivity contribution is -0.283. The Morgan fingerprint density at radius 2 is 1.08 bits per heavy atom. The van der Waals surface area contributed by atoms with Gasteiger partial charge < -0.3 is 92.7 Å². The zero-order valence-electron chi connectivity index (χ0n) is 45.5. The van der Waals surface area contributed by atoms with Gasteiger partial charge in [0.05, 0.1) is 55.7 Å². The smallest absolute Gasteiger partial charge is 0.407 e. The molecule has 0 unspecified atom stereocenters. The molecule has 9 amide bonds. The molecule has 2 bridgehead atoms. The van der Waals surface area contributed by atoms with Gasteiger partial charge in [0.15, 0.2) is 0 Å². The molecular formula is C56H69N9O19. The number of hydrogen-bond donors (Lipinski definition) is 14. The van der Waals surface area contributed by atoms with Gasteiger partial charge in [-0.25, -0.2) is 4.79 Å². The minimum absolute atomic E-state index is 0.000162. The highest BCUT2D eigenvalue weighted by Gasteiger charge is 2.73. The Hall–Kier alpha value is -8.12. The molecule has 9 rings (SSSR count). The van der Waals surface area contributed by atoms with E-state index in [0.29, 0.717) is 24.8 Å². The van der Waals surface area contributed by atoms with E-state index in [2.05, 4.69) is 42.5 Å². The van der Waals surface area contributed by atoms with Crippen LogP contribution in [0, 0.1) is 5.41 Å². The van der Waals surface area contributed by atoms with Gasteiger partial charge in [0.1, 0.15) is 62.0 Å². The van der Waals surface area contributed by atoms with E-state index < -0.39 is 164 Å². The third kappa shape index (κ3) is 15.4. The Bertz CT molecular complexity index is 2890. The molecule has 15 N–H and O–H groups in total. The molecule has 6 aliphatic rings. The standard InChI is InChI=1S/C56H69N9O19/c57-41(66)17-37-47(72)49(74)40(83-37)20-59-43(68)18-38-48(73)50(75)39(84-38)19-58-42(67)15-14-35(65-54(80)81-24-34-32-12-6-4-10-30(32)31-11-5-7-13-33(31)34)51(76)61-21-44(69)60-23-46(71)64-36(16-29-8-2-1-3-9-29)52(77)62-22-45(70)63-28-82-56-25-55(26-56,27-56)53(78)79/h1-13,34-40,47-50,72-75H,14-28H2,(H2,57,66)(H,58,67)(H,59,68)(H,60,69)(H,61,76)(H,62,77)(H,63,70)(H,64,71)(H,65,80)(H,78,79)/t35-,36-,37-,38-,39+,40+,47-,48-,49+,50+,55?,56?/m0/s1. The van der Waals surface area contributed by atoms with E-state index in [4.69, 9.17) is 24.7 Å². The molecule has 28 nitrogen and oxygen atoms in total. The molecule has 4 aliphatic carbocycles. The molecule has 2 heterocycles. The number of carbonyl (C=O) groups excluding carboxylic acids is 9. The van der Waals surface area contributed by atoms with Gasteiger partial charge in [-0.1, -0.05) is 78.9 Å². The van der Waals surface area contributed by atoms with Crippen LogP contribution in [0.4, 0.5) is 4.79 Å². The van der Waals surface area contributed by atoms with E-state index in [9.17, 15) is 73.5 Å². The lowest BCUT2D eigenvalue weighted by Gasteiger charge is -2.66. The van der Waals surface area contributed by atoms with Crippen molar-refractivity contribution in [3.05, 3.63) is 95.6 Å².